The summed E-state index contributed by atoms with van der Waals surface area (Å²) in [5.74, 6) is 0.290. The van der Waals surface area contributed by atoms with Gasteiger partial charge >= 0.3 is 6.18 Å². The number of carbonyl (C=O) groups is 2. The van der Waals surface area contributed by atoms with Crippen LogP contribution in [0.3, 0.4) is 0 Å². The maximum atomic E-state index is 13.0. The predicted molar refractivity (Wildman–Crippen MR) is 150 cm³/mol. The van der Waals surface area contributed by atoms with Gasteiger partial charge in [-0.2, -0.15) is 13.2 Å². The summed E-state index contributed by atoms with van der Waals surface area (Å²) < 4.78 is 44.5. The lowest BCUT2D eigenvalue weighted by atomic mass is 10.0. The third-order valence-corrected chi connectivity index (χ3v) is 8.34. The number of rotatable bonds is 9. The number of alkyl halides is 3. The van der Waals surface area contributed by atoms with Crippen LogP contribution >= 0.6 is 0 Å². The summed E-state index contributed by atoms with van der Waals surface area (Å²) in [6.07, 6.45) is -0.617. The molecule has 0 aromatic heterocycles. The number of hydrogen-bond donors (Lipinski definition) is 0. The molecule has 3 aliphatic heterocycles. The van der Waals surface area contributed by atoms with E-state index in [-0.39, 0.29) is 11.8 Å². The summed E-state index contributed by atoms with van der Waals surface area (Å²) in [5, 5.41) is 0. The summed E-state index contributed by atoms with van der Waals surface area (Å²) in [5.41, 5.74) is 3.30. The maximum Gasteiger partial charge on any atom is 0.416 e. The lowest BCUT2D eigenvalue weighted by Crippen LogP contribution is -2.46. The van der Waals surface area contributed by atoms with Gasteiger partial charge < -0.3 is 19.4 Å². The third-order valence-electron chi connectivity index (χ3n) is 8.34. The number of carbonyl (C=O) groups excluding carboxylic acids is 2. The molecule has 2 aromatic carbocycles. The number of unbranched alkanes of at least 4 members (excludes halogenated alkanes) is 2. The lowest BCUT2D eigenvalue weighted by molar-refractivity contribution is -0.137. The van der Waals surface area contributed by atoms with E-state index in [0.29, 0.717) is 71.0 Å². The van der Waals surface area contributed by atoms with Crippen molar-refractivity contribution in [2.45, 2.75) is 51.4 Å². The van der Waals surface area contributed by atoms with Crippen LogP contribution in [0.5, 0.6) is 0 Å². The second-order valence-corrected chi connectivity index (χ2v) is 11.2. The van der Waals surface area contributed by atoms with Crippen LogP contribution in [0.2, 0.25) is 0 Å². The highest BCUT2D eigenvalue weighted by Crippen LogP contribution is 2.32. The number of nitrogens with zero attached hydrogens (tertiary/aromatic N) is 4. The van der Waals surface area contributed by atoms with E-state index in [1.807, 2.05) is 20.8 Å². The van der Waals surface area contributed by atoms with Crippen LogP contribution in [-0.4, -0.2) is 85.5 Å². The van der Waals surface area contributed by atoms with Crippen LogP contribution < -0.4 is 4.90 Å². The first-order chi connectivity index (χ1) is 19.8. The summed E-state index contributed by atoms with van der Waals surface area (Å²) in [6, 6.07) is 11.7. The summed E-state index contributed by atoms with van der Waals surface area (Å²) in [7, 11) is 0. The quantitative estimate of drug-likeness (QED) is 0.419. The SMILES string of the molecule is O=C(Cc1ccc2c(c1)CN(C(=O)CCCCCN1CCN(c3cccc(C(F)(F)F)c3)CC1)C2)N1CCOCC1. The zero-order chi connectivity index (χ0) is 28.8. The number of ether oxygens (including phenoxy) is 1. The first-order valence-electron chi connectivity index (χ1n) is 14.6. The average molecular weight is 573 g/mol. The molecule has 3 aliphatic rings. The molecule has 0 bridgehead atoms. The largest absolute Gasteiger partial charge is 0.416 e. The molecule has 41 heavy (non-hydrogen) atoms. The van der Waals surface area contributed by atoms with E-state index in [4.69, 9.17) is 4.74 Å². The van der Waals surface area contributed by atoms with Crippen molar-refractivity contribution in [2.75, 3.05) is 63.9 Å². The molecule has 2 saturated heterocycles. The van der Waals surface area contributed by atoms with Gasteiger partial charge in [0.2, 0.25) is 11.8 Å². The Hall–Kier alpha value is -3.11. The van der Waals surface area contributed by atoms with E-state index >= 15 is 0 Å². The van der Waals surface area contributed by atoms with Gasteiger partial charge in [0.05, 0.1) is 25.2 Å². The Morgan fingerprint density at radius 1 is 0.780 bits per heavy atom. The molecule has 2 fully saturated rings. The third kappa shape index (κ3) is 7.80. The standard InChI is InChI=1S/C31H39F3N4O3/c32-31(33,34)27-5-4-6-28(21-27)36-13-11-35(12-14-36)10-3-1-2-7-29(39)38-22-25-9-8-24(19-26(25)23-38)20-30(40)37-15-17-41-18-16-37/h4-6,8-9,19,21H,1-3,7,10-18,20,22-23H2. The van der Waals surface area contributed by atoms with Gasteiger partial charge in [-0.1, -0.05) is 30.7 Å². The minimum atomic E-state index is -4.33. The van der Waals surface area contributed by atoms with Gasteiger partial charge in [-0.25, -0.2) is 0 Å². The Kier molecular flexibility index (Phi) is 9.49. The van der Waals surface area contributed by atoms with E-state index in [9.17, 15) is 22.8 Å². The average Bonchev–Trinajstić information content (AvgIpc) is 3.41. The number of piperazine rings is 1. The van der Waals surface area contributed by atoms with Crippen molar-refractivity contribution < 1.29 is 27.5 Å². The molecule has 3 heterocycles. The Labute approximate surface area is 239 Å². The molecule has 0 radical (unpaired) electrons. The Morgan fingerprint density at radius 3 is 2.29 bits per heavy atom. The monoisotopic (exact) mass is 572 g/mol. The molecule has 10 heteroatoms. The number of hydrogen-bond acceptors (Lipinski definition) is 5. The van der Waals surface area contributed by atoms with Crippen LogP contribution in [0.4, 0.5) is 18.9 Å². The molecule has 0 saturated carbocycles. The molecule has 5 rings (SSSR count). The molecular weight excluding hydrogens is 533 g/mol. The molecule has 0 atom stereocenters. The van der Waals surface area contributed by atoms with Crippen molar-refractivity contribution in [3.8, 4) is 0 Å². The summed E-state index contributed by atoms with van der Waals surface area (Å²) in [4.78, 5) is 33.6. The van der Waals surface area contributed by atoms with E-state index in [2.05, 4.69) is 17.0 Å². The molecule has 7 nitrogen and oxygen atoms in total. The maximum absolute atomic E-state index is 13.0. The minimum Gasteiger partial charge on any atom is -0.378 e. The van der Waals surface area contributed by atoms with Crippen LogP contribution in [0.1, 0.15) is 47.9 Å². The highest BCUT2D eigenvalue weighted by atomic mass is 19.4. The van der Waals surface area contributed by atoms with Crippen LogP contribution in [0, 0.1) is 0 Å². The Bertz CT molecular complexity index is 1210. The molecule has 2 aromatic rings. The van der Waals surface area contributed by atoms with Gasteiger partial charge in [-0.3, -0.25) is 14.5 Å². The fourth-order valence-electron chi connectivity index (χ4n) is 5.89. The van der Waals surface area contributed by atoms with Crippen molar-refractivity contribution in [3.05, 3.63) is 64.7 Å². The minimum absolute atomic E-state index is 0.122. The number of benzene rings is 2. The normalized spacial score (nSPS) is 18.1. The highest BCUT2D eigenvalue weighted by molar-refractivity contribution is 5.79. The van der Waals surface area contributed by atoms with E-state index < -0.39 is 11.7 Å². The zero-order valence-corrected chi connectivity index (χ0v) is 23.5. The second-order valence-electron chi connectivity index (χ2n) is 11.2. The molecule has 222 valence electrons. The topological polar surface area (TPSA) is 56.3 Å². The van der Waals surface area contributed by atoms with Crippen molar-refractivity contribution in [3.63, 3.8) is 0 Å². The first kappa shape index (κ1) is 29.4. The highest BCUT2D eigenvalue weighted by Gasteiger charge is 2.31. The number of morpholine rings is 1. The van der Waals surface area contributed by atoms with Crippen molar-refractivity contribution in [1.82, 2.24) is 14.7 Å². The van der Waals surface area contributed by atoms with E-state index in [1.165, 1.54) is 12.1 Å². The Morgan fingerprint density at radius 2 is 1.54 bits per heavy atom. The van der Waals surface area contributed by atoms with Crippen LogP contribution in [-0.2, 0) is 40.0 Å². The van der Waals surface area contributed by atoms with Gasteiger partial charge in [0.15, 0.2) is 0 Å². The lowest BCUT2D eigenvalue weighted by Gasteiger charge is -2.36. The van der Waals surface area contributed by atoms with Gasteiger partial charge in [0.1, 0.15) is 0 Å². The predicted octanol–water partition coefficient (Wildman–Crippen LogP) is 4.33. The van der Waals surface area contributed by atoms with Crippen LogP contribution in [0.25, 0.3) is 0 Å². The molecule has 2 amide bonds. The molecule has 0 aliphatic carbocycles. The van der Waals surface area contributed by atoms with Gasteiger partial charge in [-0.15, -0.1) is 0 Å². The van der Waals surface area contributed by atoms with Gasteiger partial charge in [0.25, 0.3) is 0 Å². The zero-order valence-electron chi connectivity index (χ0n) is 23.5. The van der Waals surface area contributed by atoms with Crippen molar-refractivity contribution in [1.29, 1.82) is 0 Å². The Balaban J connectivity index is 0.978. The molecule has 0 spiro atoms. The summed E-state index contributed by atoms with van der Waals surface area (Å²) >= 11 is 0. The summed E-state index contributed by atoms with van der Waals surface area (Å²) in [6.45, 7) is 7.70. The van der Waals surface area contributed by atoms with Crippen molar-refractivity contribution >= 4 is 17.5 Å². The first-order valence-corrected chi connectivity index (χ1v) is 14.6. The number of amides is 2. The molecule has 0 N–H and O–H groups in total. The fourth-order valence-corrected chi connectivity index (χ4v) is 5.89. The fraction of sp³-hybridized carbons (Fsp3) is 0.548. The number of anilines is 1. The van der Waals surface area contributed by atoms with Gasteiger partial charge in [0, 0.05) is 64.5 Å². The molecular formula is C31H39F3N4O3. The van der Waals surface area contributed by atoms with E-state index in [0.717, 1.165) is 61.7 Å². The van der Waals surface area contributed by atoms with Gasteiger partial charge in [-0.05, 0) is 54.3 Å². The smallest absolute Gasteiger partial charge is 0.378 e. The molecule has 0 unspecified atom stereocenters. The van der Waals surface area contributed by atoms with Crippen molar-refractivity contribution in [2.24, 2.45) is 0 Å². The van der Waals surface area contributed by atoms with Crippen LogP contribution in [0.15, 0.2) is 42.5 Å². The van der Waals surface area contributed by atoms with E-state index in [1.54, 1.807) is 6.07 Å². The number of fused-ring (bicyclic) bond motifs is 1. The second kappa shape index (κ2) is 13.2. The number of halogens is 3.